The van der Waals surface area contributed by atoms with Gasteiger partial charge in [-0.25, -0.2) is 4.79 Å². The summed E-state index contributed by atoms with van der Waals surface area (Å²) in [6.45, 7) is 3.26. The largest absolute Gasteiger partial charge is 0.475 e. The molecular formula is C18H23NO4. The van der Waals surface area contributed by atoms with Gasteiger partial charge in [-0.05, 0) is 44.8 Å². The molecule has 2 aromatic rings. The van der Waals surface area contributed by atoms with Crippen LogP contribution in [0, 0.1) is 5.92 Å². The van der Waals surface area contributed by atoms with Crippen LogP contribution >= 0.6 is 0 Å². The lowest BCUT2D eigenvalue weighted by Gasteiger charge is -2.24. The van der Waals surface area contributed by atoms with Gasteiger partial charge in [0.05, 0.1) is 0 Å². The van der Waals surface area contributed by atoms with Crippen LogP contribution in [0.2, 0.25) is 0 Å². The molecule has 0 aliphatic carbocycles. The molecule has 0 radical (unpaired) electrons. The molecule has 124 valence electrons. The highest BCUT2D eigenvalue weighted by molar-refractivity contribution is 5.95. The molecule has 1 N–H and O–H groups in total. The van der Waals surface area contributed by atoms with E-state index >= 15 is 0 Å². The lowest BCUT2D eigenvalue weighted by Crippen LogP contribution is -2.24. The van der Waals surface area contributed by atoms with E-state index in [2.05, 4.69) is 4.90 Å². The molecule has 1 aromatic carbocycles. The topological polar surface area (TPSA) is 62.9 Å². The zero-order chi connectivity index (χ0) is 16.2. The van der Waals surface area contributed by atoms with Crippen molar-refractivity contribution in [1.29, 1.82) is 0 Å². The van der Waals surface area contributed by atoms with Crippen molar-refractivity contribution in [3.05, 3.63) is 35.6 Å². The van der Waals surface area contributed by atoms with Gasteiger partial charge in [-0.2, -0.15) is 0 Å². The summed E-state index contributed by atoms with van der Waals surface area (Å²) in [5, 5.41) is 10.3. The molecule has 1 aliphatic rings. The molecule has 0 unspecified atom stereocenters. The van der Waals surface area contributed by atoms with Gasteiger partial charge in [0.25, 0.3) is 0 Å². The zero-order valence-electron chi connectivity index (χ0n) is 13.5. The second-order valence-corrected chi connectivity index (χ2v) is 6.29. The van der Waals surface area contributed by atoms with Crippen molar-refractivity contribution >= 4 is 16.9 Å². The average molecular weight is 317 g/mol. The standard InChI is InChI=1S/C18H23NO4/c1-19(9-6-13-7-10-22-11-8-13)12-15-14-4-2-3-5-16(14)23-17(15)18(20)21/h2-5,13H,6-12H2,1H3,(H,20,21). The van der Waals surface area contributed by atoms with Gasteiger partial charge in [0.1, 0.15) is 5.58 Å². The number of ether oxygens (including phenoxy) is 1. The Morgan fingerprint density at radius 3 is 2.78 bits per heavy atom. The highest BCUT2D eigenvalue weighted by Gasteiger charge is 2.21. The number of fused-ring (bicyclic) bond motifs is 1. The van der Waals surface area contributed by atoms with Crippen molar-refractivity contribution in [1.82, 2.24) is 4.90 Å². The van der Waals surface area contributed by atoms with Crippen LogP contribution in [0.15, 0.2) is 28.7 Å². The number of hydrogen-bond donors (Lipinski definition) is 1. The average Bonchev–Trinajstić information content (AvgIpc) is 2.93. The van der Waals surface area contributed by atoms with Gasteiger partial charge in [0, 0.05) is 30.7 Å². The maximum Gasteiger partial charge on any atom is 0.372 e. The fourth-order valence-electron chi connectivity index (χ4n) is 3.22. The SMILES string of the molecule is CN(CCC1CCOCC1)Cc1c(C(=O)O)oc2ccccc12. The lowest BCUT2D eigenvalue weighted by atomic mass is 9.96. The molecule has 3 rings (SSSR count). The second-order valence-electron chi connectivity index (χ2n) is 6.29. The van der Waals surface area contributed by atoms with Crippen LogP contribution in [0.4, 0.5) is 0 Å². The van der Waals surface area contributed by atoms with Gasteiger partial charge in [-0.3, -0.25) is 0 Å². The van der Waals surface area contributed by atoms with Crippen LogP contribution in [0.25, 0.3) is 11.0 Å². The lowest BCUT2D eigenvalue weighted by molar-refractivity contribution is 0.0605. The first-order valence-corrected chi connectivity index (χ1v) is 8.15. The number of carbonyl (C=O) groups is 1. The normalized spacial score (nSPS) is 16.3. The number of carboxylic acid groups (broad SMARTS) is 1. The molecule has 0 atom stereocenters. The molecule has 0 amide bonds. The van der Waals surface area contributed by atoms with E-state index in [1.807, 2.05) is 31.3 Å². The summed E-state index contributed by atoms with van der Waals surface area (Å²) in [6, 6.07) is 7.51. The Morgan fingerprint density at radius 1 is 1.30 bits per heavy atom. The minimum absolute atomic E-state index is 0.0594. The van der Waals surface area contributed by atoms with Gasteiger partial charge < -0.3 is 19.2 Å². The number of hydrogen-bond acceptors (Lipinski definition) is 4. The summed E-state index contributed by atoms with van der Waals surface area (Å²) in [4.78, 5) is 13.6. The molecular weight excluding hydrogens is 294 g/mol. The molecule has 23 heavy (non-hydrogen) atoms. The fraction of sp³-hybridized carbons (Fsp3) is 0.500. The van der Waals surface area contributed by atoms with E-state index in [9.17, 15) is 9.90 Å². The molecule has 1 saturated heterocycles. The summed E-state index contributed by atoms with van der Waals surface area (Å²) >= 11 is 0. The maximum absolute atomic E-state index is 11.5. The van der Waals surface area contributed by atoms with Crippen molar-refractivity contribution in [3.63, 3.8) is 0 Å². The van der Waals surface area contributed by atoms with Crippen molar-refractivity contribution in [3.8, 4) is 0 Å². The molecule has 5 nitrogen and oxygen atoms in total. The Labute approximate surface area is 135 Å². The maximum atomic E-state index is 11.5. The van der Waals surface area contributed by atoms with Crippen LogP contribution in [0.1, 0.15) is 35.4 Å². The summed E-state index contributed by atoms with van der Waals surface area (Å²) in [6.07, 6.45) is 3.38. The van der Waals surface area contributed by atoms with Crippen LogP contribution in [0.5, 0.6) is 0 Å². The van der Waals surface area contributed by atoms with E-state index in [-0.39, 0.29) is 5.76 Å². The third kappa shape index (κ3) is 3.74. The van der Waals surface area contributed by atoms with E-state index in [1.165, 1.54) is 0 Å². The Balaban J connectivity index is 1.69. The van der Waals surface area contributed by atoms with E-state index in [4.69, 9.17) is 9.15 Å². The zero-order valence-corrected chi connectivity index (χ0v) is 13.5. The predicted octanol–water partition coefficient (Wildman–Crippen LogP) is 3.38. The number of para-hydroxylation sites is 1. The summed E-state index contributed by atoms with van der Waals surface area (Å²) < 4.78 is 10.9. The molecule has 0 bridgehead atoms. The van der Waals surface area contributed by atoms with Gasteiger partial charge >= 0.3 is 5.97 Å². The number of rotatable bonds is 6. The Kier molecular flexibility index (Phi) is 4.98. The molecule has 1 fully saturated rings. The van der Waals surface area contributed by atoms with Crippen molar-refractivity contribution in [2.24, 2.45) is 5.92 Å². The molecule has 1 aliphatic heterocycles. The molecule has 0 spiro atoms. The monoisotopic (exact) mass is 317 g/mol. The Morgan fingerprint density at radius 2 is 2.04 bits per heavy atom. The first kappa shape index (κ1) is 16.0. The number of nitrogens with zero attached hydrogens (tertiary/aromatic N) is 1. The van der Waals surface area contributed by atoms with Gasteiger partial charge in [-0.15, -0.1) is 0 Å². The highest BCUT2D eigenvalue weighted by atomic mass is 16.5. The Bertz CT molecular complexity index is 673. The minimum Gasteiger partial charge on any atom is -0.475 e. The third-order valence-electron chi connectivity index (χ3n) is 4.58. The first-order chi connectivity index (χ1) is 11.1. The van der Waals surface area contributed by atoms with Crippen LogP contribution < -0.4 is 0 Å². The Hall–Kier alpha value is -1.85. The number of furan rings is 1. The predicted molar refractivity (Wildman–Crippen MR) is 87.7 cm³/mol. The molecule has 1 aromatic heterocycles. The molecule has 5 heteroatoms. The molecule has 2 heterocycles. The summed E-state index contributed by atoms with van der Waals surface area (Å²) in [5.74, 6) is -0.232. The minimum atomic E-state index is -1.01. The number of carboxylic acids is 1. The van der Waals surface area contributed by atoms with E-state index in [0.717, 1.165) is 50.0 Å². The number of aromatic carboxylic acids is 1. The summed E-state index contributed by atoms with van der Waals surface area (Å²) in [7, 11) is 2.03. The number of benzene rings is 1. The summed E-state index contributed by atoms with van der Waals surface area (Å²) in [5.41, 5.74) is 1.40. The quantitative estimate of drug-likeness (QED) is 0.885. The van der Waals surface area contributed by atoms with Crippen LogP contribution in [0.3, 0.4) is 0 Å². The highest BCUT2D eigenvalue weighted by Crippen LogP contribution is 2.27. The molecule has 0 saturated carbocycles. The van der Waals surface area contributed by atoms with E-state index < -0.39 is 5.97 Å². The van der Waals surface area contributed by atoms with Gasteiger partial charge in [-0.1, -0.05) is 18.2 Å². The second kappa shape index (κ2) is 7.15. The van der Waals surface area contributed by atoms with Crippen LogP contribution in [-0.2, 0) is 11.3 Å². The van der Waals surface area contributed by atoms with Crippen molar-refractivity contribution < 1.29 is 19.1 Å². The van der Waals surface area contributed by atoms with E-state index in [1.54, 1.807) is 0 Å². The van der Waals surface area contributed by atoms with Crippen molar-refractivity contribution in [2.45, 2.75) is 25.8 Å². The van der Waals surface area contributed by atoms with Crippen LogP contribution in [-0.4, -0.2) is 42.8 Å². The van der Waals surface area contributed by atoms with Gasteiger partial charge in [0.15, 0.2) is 0 Å². The van der Waals surface area contributed by atoms with E-state index in [0.29, 0.717) is 18.0 Å². The van der Waals surface area contributed by atoms with Gasteiger partial charge in [0.2, 0.25) is 5.76 Å². The third-order valence-corrected chi connectivity index (χ3v) is 4.58. The van der Waals surface area contributed by atoms with Crippen molar-refractivity contribution in [2.75, 3.05) is 26.8 Å². The fourth-order valence-corrected chi connectivity index (χ4v) is 3.22. The smallest absolute Gasteiger partial charge is 0.372 e. The first-order valence-electron chi connectivity index (χ1n) is 8.15.